The van der Waals surface area contributed by atoms with E-state index in [9.17, 15) is 5.26 Å². The molecule has 0 N–H and O–H groups in total. The highest BCUT2D eigenvalue weighted by Gasteiger charge is 2.21. The van der Waals surface area contributed by atoms with Crippen molar-refractivity contribution < 1.29 is 0 Å². The standard InChI is InChI=1S/C17H16N8/c18-13-14-3-1-6-19-17(14)24-11-9-23(10-12-24)15-4-5-16(22-21-15)25-8-2-7-20-25/h1-8H,9-12H2. The molecule has 3 aromatic rings. The van der Waals surface area contributed by atoms with Gasteiger partial charge >= 0.3 is 0 Å². The van der Waals surface area contributed by atoms with Crippen molar-refractivity contribution in [2.45, 2.75) is 0 Å². The van der Waals surface area contributed by atoms with Gasteiger partial charge in [0.1, 0.15) is 11.9 Å². The topological polar surface area (TPSA) is 86.8 Å². The first kappa shape index (κ1) is 15.1. The normalized spacial score (nSPS) is 14.4. The van der Waals surface area contributed by atoms with Crippen molar-refractivity contribution >= 4 is 11.6 Å². The van der Waals surface area contributed by atoms with E-state index >= 15 is 0 Å². The summed E-state index contributed by atoms with van der Waals surface area (Å²) in [6, 6.07) is 11.5. The third-order valence-electron chi connectivity index (χ3n) is 4.19. The number of hydrogen-bond donors (Lipinski definition) is 0. The quantitative estimate of drug-likeness (QED) is 0.713. The summed E-state index contributed by atoms with van der Waals surface area (Å²) < 4.78 is 1.68. The van der Waals surface area contributed by atoms with Gasteiger partial charge in [-0.25, -0.2) is 9.67 Å². The second-order valence-electron chi connectivity index (χ2n) is 5.66. The Bertz CT molecular complexity index is 874. The van der Waals surface area contributed by atoms with Crippen LogP contribution in [-0.4, -0.2) is 51.1 Å². The van der Waals surface area contributed by atoms with Crippen molar-refractivity contribution in [3.05, 3.63) is 54.5 Å². The van der Waals surface area contributed by atoms with Crippen LogP contribution in [0.1, 0.15) is 5.56 Å². The van der Waals surface area contributed by atoms with E-state index in [1.807, 2.05) is 24.4 Å². The third-order valence-corrected chi connectivity index (χ3v) is 4.19. The van der Waals surface area contributed by atoms with Crippen LogP contribution in [-0.2, 0) is 0 Å². The third kappa shape index (κ3) is 2.99. The Labute approximate surface area is 145 Å². The summed E-state index contributed by atoms with van der Waals surface area (Å²) in [5.74, 6) is 2.29. The van der Waals surface area contributed by atoms with Crippen LogP contribution in [0.4, 0.5) is 11.6 Å². The van der Waals surface area contributed by atoms with Crippen molar-refractivity contribution in [2.24, 2.45) is 0 Å². The summed E-state index contributed by atoms with van der Waals surface area (Å²) in [4.78, 5) is 8.68. The molecule has 3 aromatic heterocycles. The van der Waals surface area contributed by atoms with Crippen molar-refractivity contribution in [2.75, 3.05) is 36.0 Å². The molecule has 4 heterocycles. The maximum Gasteiger partial charge on any atom is 0.175 e. The van der Waals surface area contributed by atoms with Gasteiger partial charge in [0.05, 0.1) is 5.56 Å². The van der Waals surface area contributed by atoms with Gasteiger partial charge in [-0.15, -0.1) is 10.2 Å². The number of pyridine rings is 1. The lowest BCUT2D eigenvalue weighted by Gasteiger charge is -2.36. The maximum atomic E-state index is 9.23. The first-order valence-electron chi connectivity index (χ1n) is 8.04. The van der Waals surface area contributed by atoms with E-state index in [2.05, 4.69) is 36.1 Å². The predicted octanol–water partition coefficient (Wildman–Crippen LogP) is 1.26. The van der Waals surface area contributed by atoms with E-state index in [1.54, 1.807) is 29.2 Å². The van der Waals surface area contributed by atoms with Crippen molar-refractivity contribution in [1.29, 1.82) is 5.26 Å². The molecule has 8 nitrogen and oxygen atoms in total. The molecule has 1 aliphatic heterocycles. The van der Waals surface area contributed by atoms with Gasteiger partial charge in [0.2, 0.25) is 0 Å². The molecule has 0 atom stereocenters. The van der Waals surface area contributed by atoms with E-state index in [0.29, 0.717) is 11.4 Å². The second kappa shape index (κ2) is 6.57. The molecule has 0 aliphatic carbocycles. The molecule has 0 bridgehead atoms. The highest BCUT2D eigenvalue weighted by molar-refractivity contribution is 5.54. The average Bonchev–Trinajstić information content (AvgIpc) is 3.23. The Kier molecular flexibility index (Phi) is 3.96. The fourth-order valence-electron chi connectivity index (χ4n) is 2.90. The number of aromatic nitrogens is 5. The Morgan fingerprint density at radius 2 is 1.64 bits per heavy atom. The molecule has 0 radical (unpaired) electrons. The summed E-state index contributed by atoms with van der Waals surface area (Å²) in [5, 5.41) is 21.9. The SMILES string of the molecule is N#Cc1cccnc1N1CCN(c2ccc(-n3cccn3)nn2)CC1. The molecule has 0 unspecified atom stereocenters. The molecule has 1 saturated heterocycles. The van der Waals surface area contributed by atoms with Gasteiger partial charge in [0.15, 0.2) is 11.6 Å². The zero-order valence-electron chi connectivity index (χ0n) is 13.5. The van der Waals surface area contributed by atoms with Crippen LogP contribution in [0, 0.1) is 11.3 Å². The average molecular weight is 332 g/mol. The largest absolute Gasteiger partial charge is 0.352 e. The summed E-state index contributed by atoms with van der Waals surface area (Å²) in [6.45, 7) is 3.18. The minimum absolute atomic E-state index is 0.610. The summed E-state index contributed by atoms with van der Waals surface area (Å²) in [6.07, 6.45) is 5.27. The lowest BCUT2D eigenvalue weighted by molar-refractivity contribution is 0.636. The van der Waals surface area contributed by atoms with Gasteiger partial charge in [0.25, 0.3) is 0 Å². The molecule has 8 heteroatoms. The molecule has 0 aromatic carbocycles. The number of rotatable bonds is 3. The fourth-order valence-corrected chi connectivity index (χ4v) is 2.90. The zero-order valence-corrected chi connectivity index (χ0v) is 13.5. The Balaban J connectivity index is 1.44. The smallest absolute Gasteiger partial charge is 0.175 e. The number of piperazine rings is 1. The van der Waals surface area contributed by atoms with Gasteiger partial charge in [-0.2, -0.15) is 10.4 Å². The van der Waals surface area contributed by atoms with Gasteiger partial charge < -0.3 is 9.80 Å². The number of nitrogens with zero attached hydrogens (tertiary/aromatic N) is 8. The molecule has 1 aliphatic rings. The highest BCUT2D eigenvalue weighted by atomic mass is 15.4. The lowest BCUT2D eigenvalue weighted by Crippen LogP contribution is -2.47. The zero-order chi connectivity index (χ0) is 17.1. The van der Waals surface area contributed by atoms with Gasteiger partial charge in [-0.3, -0.25) is 0 Å². The Morgan fingerprint density at radius 3 is 2.32 bits per heavy atom. The maximum absolute atomic E-state index is 9.23. The minimum Gasteiger partial charge on any atom is -0.352 e. The fraction of sp³-hybridized carbons (Fsp3) is 0.235. The highest BCUT2D eigenvalue weighted by Crippen LogP contribution is 2.20. The molecule has 0 spiro atoms. The number of hydrogen-bond acceptors (Lipinski definition) is 7. The van der Waals surface area contributed by atoms with Crippen LogP contribution < -0.4 is 9.80 Å². The molecule has 124 valence electrons. The second-order valence-corrected chi connectivity index (χ2v) is 5.66. The Hall–Kier alpha value is -3.47. The van der Waals surface area contributed by atoms with E-state index in [4.69, 9.17) is 0 Å². The van der Waals surface area contributed by atoms with E-state index in [0.717, 1.165) is 37.8 Å². The molecular weight excluding hydrogens is 316 g/mol. The van der Waals surface area contributed by atoms with Crippen LogP contribution >= 0.6 is 0 Å². The lowest BCUT2D eigenvalue weighted by atomic mass is 10.2. The Morgan fingerprint density at radius 1 is 0.880 bits per heavy atom. The molecule has 0 amide bonds. The van der Waals surface area contributed by atoms with Crippen molar-refractivity contribution in [1.82, 2.24) is 25.0 Å². The summed E-state index contributed by atoms with van der Waals surface area (Å²) in [7, 11) is 0. The van der Waals surface area contributed by atoms with E-state index in [-0.39, 0.29) is 0 Å². The van der Waals surface area contributed by atoms with E-state index in [1.165, 1.54) is 0 Å². The monoisotopic (exact) mass is 332 g/mol. The molecule has 4 rings (SSSR count). The molecule has 1 fully saturated rings. The first-order chi connectivity index (χ1) is 12.3. The predicted molar refractivity (Wildman–Crippen MR) is 92.5 cm³/mol. The van der Waals surface area contributed by atoms with Crippen LogP contribution in [0.15, 0.2) is 48.9 Å². The minimum atomic E-state index is 0.610. The summed E-state index contributed by atoms with van der Waals surface area (Å²) in [5.41, 5.74) is 0.610. The molecule has 0 saturated carbocycles. The van der Waals surface area contributed by atoms with Crippen molar-refractivity contribution in [3.63, 3.8) is 0 Å². The van der Waals surface area contributed by atoms with Gasteiger partial charge in [-0.05, 0) is 30.3 Å². The van der Waals surface area contributed by atoms with Crippen LogP contribution in [0.2, 0.25) is 0 Å². The van der Waals surface area contributed by atoms with Crippen LogP contribution in [0.3, 0.4) is 0 Å². The first-order valence-corrected chi connectivity index (χ1v) is 8.04. The van der Waals surface area contributed by atoms with Crippen LogP contribution in [0.25, 0.3) is 5.82 Å². The van der Waals surface area contributed by atoms with Gasteiger partial charge in [0, 0.05) is 44.8 Å². The summed E-state index contributed by atoms with van der Waals surface area (Å²) >= 11 is 0. The van der Waals surface area contributed by atoms with E-state index < -0.39 is 0 Å². The molecule has 25 heavy (non-hydrogen) atoms. The van der Waals surface area contributed by atoms with Crippen LogP contribution in [0.5, 0.6) is 0 Å². The number of nitriles is 1. The number of anilines is 2. The molecular formula is C17H16N8. The van der Waals surface area contributed by atoms with Crippen molar-refractivity contribution in [3.8, 4) is 11.9 Å². The van der Waals surface area contributed by atoms with Gasteiger partial charge in [-0.1, -0.05) is 0 Å².